The van der Waals surface area contributed by atoms with Gasteiger partial charge in [0.25, 0.3) is 0 Å². The zero-order valence-corrected chi connectivity index (χ0v) is 13.4. The predicted molar refractivity (Wildman–Crippen MR) is 83.7 cm³/mol. The Morgan fingerprint density at radius 2 is 2.38 bits per heavy atom. The van der Waals surface area contributed by atoms with Crippen molar-refractivity contribution in [2.75, 3.05) is 6.61 Å². The second-order valence-electron chi connectivity index (χ2n) is 5.48. The SMILES string of the molecule is CCOC(=O)C1C2CC(=S)NC1(C)Oc1ccc(Cl)cc12. The van der Waals surface area contributed by atoms with Crippen molar-refractivity contribution >= 4 is 34.8 Å². The zero-order valence-electron chi connectivity index (χ0n) is 11.8. The Labute approximate surface area is 133 Å². The molecule has 0 aromatic heterocycles. The van der Waals surface area contributed by atoms with Crippen molar-refractivity contribution in [1.82, 2.24) is 5.32 Å². The smallest absolute Gasteiger partial charge is 0.315 e. The van der Waals surface area contributed by atoms with Crippen LogP contribution in [-0.2, 0) is 9.53 Å². The molecule has 2 bridgehead atoms. The van der Waals surface area contributed by atoms with Crippen molar-refractivity contribution in [2.24, 2.45) is 5.92 Å². The molecule has 3 atom stereocenters. The fourth-order valence-electron chi connectivity index (χ4n) is 3.24. The number of benzene rings is 1. The summed E-state index contributed by atoms with van der Waals surface area (Å²) >= 11 is 11.4. The largest absolute Gasteiger partial charge is 0.467 e. The molecule has 0 spiro atoms. The molecular formula is C15H16ClNO3S. The summed E-state index contributed by atoms with van der Waals surface area (Å²) in [6.07, 6.45) is 0.588. The number of nitrogens with one attached hydrogen (secondary N) is 1. The van der Waals surface area contributed by atoms with Crippen LogP contribution in [0.25, 0.3) is 0 Å². The van der Waals surface area contributed by atoms with E-state index in [0.29, 0.717) is 23.0 Å². The monoisotopic (exact) mass is 325 g/mol. The summed E-state index contributed by atoms with van der Waals surface area (Å²) in [6, 6.07) is 5.46. The predicted octanol–water partition coefficient (Wildman–Crippen LogP) is 3.03. The molecular weight excluding hydrogens is 310 g/mol. The third kappa shape index (κ3) is 2.38. The number of hydrogen-bond donors (Lipinski definition) is 1. The molecule has 1 aromatic rings. The summed E-state index contributed by atoms with van der Waals surface area (Å²) in [7, 11) is 0. The summed E-state index contributed by atoms with van der Waals surface area (Å²) in [5.74, 6) is -0.0616. The minimum absolute atomic E-state index is 0.0785. The van der Waals surface area contributed by atoms with E-state index in [2.05, 4.69) is 5.32 Å². The lowest BCUT2D eigenvalue weighted by molar-refractivity contribution is -0.161. The number of hydrogen-bond acceptors (Lipinski definition) is 4. The Bertz CT molecular complexity index is 621. The molecule has 21 heavy (non-hydrogen) atoms. The Balaban J connectivity index is 2.10. The van der Waals surface area contributed by atoms with E-state index in [1.54, 1.807) is 13.0 Å². The zero-order chi connectivity index (χ0) is 15.2. The molecule has 1 N–H and O–H groups in total. The minimum atomic E-state index is -0.882. The van der Waals surface area contributed by atoms with Gasteiger partial charge >= 0.3 is 5.97 Å². The van der Waals surface area contributed by atoms with Crippen LogP contribution < -0.4 is 10.1 Å². The fourth-order valence-corrected chi connectivity index (χ4v) is 3.80. The standard InChI is InChI=1S/C15H16ClNO3S/c1-3-19-14(18)13-10-7-12(21)17-15(13,2)20-11-5-4-8(16)6-9(10)11/h4-6,10,13H,3,7H2,1-2H3,(H,17,21). The van der Waals surface area contributed by atoms with Gasteiger partial charge < -0.3 is 14.8 Å². The lowest BCUT2D eigenvalue weighted by atomic mass is 9.73. The van der Waals surface area contributed by atoms with Gasteiger partial charge in [0.05, 0.1) is 11.6 Å². The maximum atomic E-state index is 12.4. The lowest BCUT2D eigenvalue weighted by Gasteiger charge is -2.49. The van der Waals surface area contributed by atoms with Crippen LogP contribution in [-0.4, -0.2) is 23.3 Å². The van der Waals surface area contributed by atoms with Crippen molar-refractivity contribution in [3.05, 3.63) is 28.8 Å². The fraction of sp³-hybridized carbons (Fsp3) is 0.467. The van der Waals surface area contributed by atoms with Crippen molar-refractivity contribution in [3.63, 3.8) is 0 Å². The van der Waals surface area contributed by atoms with Crippen LogP contribution in [0.3, 0.4) is 0 Å². The number of piperidine rings is 1. The highest BCUT2D eigenvalue weighted by molar-refractivity contribution is 7.80. The third-order valence-corrected chi connectivity index (χ3v) is 4.53. The topological polar surface area (TPSA) is 47.6 Å². The molecule has 112 valence electrons. The normalized spacial score (nSPS) is 30.0. The van der Waals surface area contributed by atoms with E-state index in [1.165, 1.54) is 0 Å². The Morgan fingerprint density at radius 1 is 1.62 bits per heavy atom. The molecule has 0 saturated carbocycles. The van der Waals surface area contributed by atoms with Crippen LogP contribution in [0.15, 0.2) is 18.2 Å². The van der Waals surface area contributed by atoms with Gasteiger partial charge in [0.2, 0.25) is 0 Å². The molecule has 2 aliphatic heterocycles. The van der Waals surface area contributed by atoms with Gasteiger partial charge in [-0.3, -0.25) is 4.79 Å². The van der Waals surface area contributed by atoms with E-state index >= 15 is 0 Å². The number of halogens is 1. The number of rotatable bonds is 2. The van der Waals surface area contributed by atoms with E-state index in [9.17, 15) is 4.79 Å². The highest BCUT2D eigenvalue weighted by Crippen LogP contribution is 2.49. The first-order chi connectivity index (χ1) is 9.94. The summed E-state index contributed by atoms with van der Waals surface area (Å²) in [4.78, 5) is 13.1. The van der Waals surface area contributed by atoms with Gasteiger partial charge in [0.1, 0.15) is 11.7 Å². The Kier molecular flexibility index (Phi) is 3.58. The van der Waals surface area contributed by atoms with E-state index < -0.39 is 11.6 Å². The van der Waals surface area contributed by atoms with Gasteiger partial charge in [-0.15, -0.1) is 0 Å². The van der Waals surface area contributed by atoms with Crippen LogP contribution in [0.5, 0.6) is 5.75 Å². The van der Waals surface area contributed by atoms with Crippen LogP contribution in [0, 0.1) is 5.92 Å². The molecule has 0 radical (unpaired) electrons. The molecule has 1 fully saturated rings. The van der Waals surface area contributed by atoms with Crippen LogP contribution in [0.2, 0.25) is 5.02 Å². The molecule has 1 saturated heterocycles. The summed E-state index contributed by atoms with van der Waals surface area (Å²) in [5, 5.41) is 3.76. The van der Waals surface area contributed by atoms with E-state index in [-0.39, 0.29) is 11.9 Å². The lowest BCUT2D eigenvalue weighted by Crippen LogP contribution is -2.65. The number of carbonyl (C=O) groups is 1. The highest BCUT2D eigenvalue weighted by atomic mass is 35.5. The number of esters is 1. The van der Waals surface area contributed by atoms with Crippen molar-refractivity contribution < 1.29 is 14.3 Å². The molecule has 3 rings (SSSR count). The molecule has 4 nitrogen and oxygen atoms in total. The molecule has 2 heterocycles. The van der Waals surface area contributed by atoms with E-state index in [1.807, 2.05) is 19.1 Å². The molecule has 3 unspecified atom stereocenters. The average molecular weight is 326 g/mol. The summed E-state index contributed by atoms with van der Waals surface area (Å²) < 4.78 is 11.3. The average Bonchev–Trinajstić information content (AvgIpc) is 2.38. The molecule has 2 aliphatic rings. The number of ether oxygens (including phenoxy) is 2. The molecule has 0 aliphatic carbocycles. The number of thiocarbonyl (C=S) groups is 1. The molecule has 6 heteroatoms. The van der Waals surface area contributed by atoms with Crippen molar-refractivity contribution in [1.29, 1.82) is 0 Å². The highest BCUT2D eigenvalue weighted by Gasteiger charge is 2.55. The van der Waals surface area contributed by atoms with Gasteiger partial charge in [0, 0.05) is 22.9 Å². The minimum Gasteiger partial charge on any atom is -0.467 e. The second kappa shape index (κ2) is 5.14. The second-order valence-corrected chi connectivity index (χ2v) is 6.41. The van der Waals surface area contributed by atoms with Gasteiger partial charge in [0.15, 0.2) is 5.72 Å². The first-order valence-corrected chi connectivity index (χ1v) is 7.69. The van der Waals surface area contributed by atoms with Gasteiger partial charge in [-0.05, 0) is 32.0 Å². The summed E-state index contributed by atoms with van der Waals surface area (Å²) in [5.41, 5.74) is 0.0365. The van der Waals surface area contributed by atoms with E-state index in [4.69, 9.17) is 33.3 Å². The Hall–Kier alpha value is -1.33. The maximum Gasteiger partial charge on any atom is 0.315 e. The first-order valence-electron chi connectivity index (χ1n) is 6.90. The van der Waals surface area contributed by atoms with E-state index in [0.717, 1.165) is 11.3 Å². The summed E-state index contributed by atoms with van der Waals surface area (Å²) in [6.45, 7) is 3.97. The third-order valence-electron chi connectivity index (χ3n) is 4.02. The number of fused-ring (bicyclic) bond motifs is 4. The first kappa shape index (κ1) is 14.6. The van der Waals surface area contributed by atoms with Crippen LogP contribution in [0.4, 0.5) is 0 Å². The molecule has 1 aromatic carbocycles. The Morgan fingerprint density at radius 3 is 3.10 bits per heavy atom. The number of carbonyl (C=O) groups excluding carboxylic acids is 1. The van der Waals surface area contributed by atoms with Crippen molar-refractivity contribution in [3.8, 4) is 5.75 Å². The molecule has 0 amide bonds. The van der Waals surface area contributed by atoms with Crippen molar-refractivity contribution in [2.45, 2.75) is 31.9 Å². The van der Waals surface area contributed by atoms with Crippen LogP contribution >= 0.6 is 23.8 Å². The van der Waals surface area contributed by atoms with Gasteiger partial charge in [-0.1, -0.05) is 23.8 Å². The van der Waals surface area contributed by atoms with Gasteiger partial charge in [-0.2, -0.15) is 0 Å². The quantitative estimate of drug-likeness (QED) is 0.669. The van der Waals surface area contributed by atoms with Crippen LogP contribution in [0.1, 0.15) is 31.7 Å². The maximum absolute atomic E-state index is 12.4. The van der Waals surface area contributed by atoms with Gasteiger partial charge in [-0.25, -0.2) is 0 Å².